The zero-order chi connectivity index (χ0) is 12.6. The summed E-state index contributed by atoms with van der Waals surface area (Å²) in [4.78, 5) is 11.8. The molecule has 2 fully saturated rings. The van der Waals surface area contributed by atoms with Crippen molar-refractivity contribution in [2.45, 2.75) is 52.1 Å². The summed E-state index contributed by atoms with van der Waals surface area (Å²) in [5, 5.41) is 0. The van der Waals surface area contributed by atoms with Gasteiger partial charge in [-0.2, -0.15) is 0 Å². The average Bonchev–Trinajstić information content (AvgIpc) is 2.02. The Morgan fingerprint density at radius 2 is 1.71 bits per heavy atom. The Morgan fingerprint density at radius 1 is 1.18 bits per heavy atom. The molecule has 0 heterocycles. The van der Waals surface area contributed by atoms with Crippen LogP contribution in [0.4, 0.5) is 0 Å². The molecule has 0 aliphatic heterocycles. The molecule has 94 valence electrons. The Bertz CT molecular complexity index is 333. The summed E-state index contributed by atoms with van der Waals surface area (Å²) in [5.74, 6) is 4.93. The van der Waals surface area contributed by atoms with Crippen LogP contribution in [-0.2, 0) is 9.53 Å². The van der Waals surface area contributed by atoms with Crippen molar-refractivity contribution in [1.29, 1.82) is 0 Å². The molecule has 2 heteroatoms. The van der Waals surface area contributed by atoms with Crippen LogP contribution in [0.2, 0.25) is 0 Å². The lowest BCUT2D eigenvalue weighted by atomic mass is 9.59. The molecule has 0 bridgehead atoms. The molecule has 2 rings (SSSR count). The first kappa shape index (κ1) is 12.5. The van der Waals surface area contributed by atoms with Crippen molar-refractivity contribution in [2.75, 3.05) is 0 Å². The van der Waals surface area contributed by atoms with E-state index in [4.69, 9.17) is 11.2 Å². The van der Waals surface area contributed by atoms with E-state index in [0.717, 1.165) is 24.7 Å². The van der Waals surface area contributed by atoms with Crippen molar-refractivity contribution in [3.05, 3.63) is 0 Å². The molecule has 0 radical (unpaired) electrons. The summed E-state index contributed by atoms with van der Waals surface area (Å²) in [5.41, 5.74) is -0.354. The molecule has 0 aromatic rings. The van der Waals surface area contributed by atoms with E-state index in [1.165, 1.54) is 12.8 Å². The molecule has 0 N–H and O–H groups in total. The van der Waals surface area contributed by atoms with Gasteiger partial charge in [-0.05, 0) is 58.3 Å². The van der Waals surface area contributed by atoms with E-state index in [2.05, 4.69) is 5.92 Å². The SMILES string of the molecule is C#CC1CC(C2CC(C(=O)OC(C)(C)C)C2)C1. The molecule has 0 unspecified atom stereocenters. The normalized spacial score (nSPS) is 36.4. The predicted octanol–water partition coefficient (Wildman–Crippen LogP) is 3.01. The molecule has 0 aromatic carbocycles. The Hall–Kier alpha value is -0.970. The number of esters is 1. The van der Waals surface area contributed by atoms with Crippen LogP contribution in [0.25, 0.3) is 0 Å². The van der Waals surface area contributed by atoms with Gasteiger partial charge in [0.2, 0.25) is 0 Å². The fourth-order valence-corrected chi connectivity index (χ4v) is 2.81. The van der Waals surface area contributed by atoms with Crippen LogP contribution in [0.5, 0.6) is 0 Å². The molecular weight excluding hydrogens is 212 g/mol. The minimum Gasteiger partial charge on any atom is -0.460 e. The van der Waals surface area contributed by atoms with Crippen LogP contribution in [0.1, 0.15) is 46.5 Å². The highest BCUT2D eigenvalue weighted by Gasteiger charge is 2.44. The van der Waals surface area contributed by atoms with Crippen LogP contribution in [-0.4, -0.2) is 11.6 Å². The van der Waals surface area contributed by atoms with E-state index < -0.39 is 0 Å². The molecule has 2 nitrogen and oxygen atoms in total. The van der Waals surface area contributed by atoms with E-state index in [1.54, 1.807) is 0 Å². The highest BCUT2D eigenvalue weighted by molar-refractivity contribution is 5.73. The maximum atomic E-state index is 11.8. The number of ether oxygens (including phenoxy) is 1. The number of hydrogen-bond acceptors (Lipinski definition) is 2. The monoisotopic (exact) mass is 234 g/mol. The summed E-state index contributed by atoms with van der Waals surface area (Å²) in [7, 11) is 0. The number of terminal acetylenes is 1. The number of rotatable bonds is 2. The summed E-state index contributed by atoms with van der Waals surface area (Å²) < 4.78 is 5.39. The van der Waals surface area contributed by atoms with Crippen molar-refractivity contribution >= 4 is 5.97 Å². The maximum absolute atomic E-state index is 11.8. The first-order chi connectivity index (χ1) is 7.89. The second-order valence-electron chi connectivity index (χ2n) is 6.56. The number of carbonyl (C=O) groups is 1. The molecule has 2 aliphatic rings. The highest BCUT2D eigenvalue weighted by atomic mass is 16.6. The lowest BCUT2D eigenvalue weighted by Crippen LogP contribution is -2.42. The van der Waals surface area contributed by atoms with Crippen molar-refractivity contribution in [3.63, 3.8) is 0 Å². The van der Waals surface area contributed by atoms with E-state index in [-0.39, 0.29) is 17.5 Å². The zero-order valence-electron chi connectivity index (χ0n) is 11.0. The van der Waals surface area contributed by atoms with Gasteiger partial charge < -0.3 is 4.74 Å². The molecule has 0 aromatic heterocycles. The molecular formula is C15H22O2. The largest absolute Gasteiger partial charge is 0.460 e. The molecule has 0 atom stereocenters. The van der Waals surface area contributed by atoms with Crippen LogP contribution in [0, 0.1) is 36.0 Å². The molecule has 2 saturated carbocycles. The first-order valence-corrected chi connectivity index (χ1v) is 6.58. The number of carbonyl (C=O) groups excluding carboxylic acids is 1. The van der Waals surface area contributed by atoms with E-state index in [1.807, 2.05) is 20.8 Å². The third-order valence-corrected chi connectivity index (χ3v) is 3.99. The van der Waals surface area contributed by atoms with Crippen LogP contribution < -0.4 is 0 Å². The summed E-state index contributed by atoms with van der Waals surface area (Å²) >= 11 is 0. The molecule has 0 amide bonds. The van der Waals surface area contributed by atoms with Gasteiger partial charge in [0.15, 0.2) is 0 Å². The van der Waals surface area contributed by atoms with Gasteiger partial charge in [-0.25, -0.2) is 0 Å². The second-order valence-corrected chi connectivity index (χ2v) is 6.56. The van der Waals surface area contributed by atoms with Gasteiger partial charge in [0.25, 0.3) is 0 Å². The molecule has 0 saturated heterocycles. The minimum absolute atomic E-state index is 0.0124. The van der Waals surface area contributed by atoms with E-state index in [0.29, 0.717) is 5.92 Å². The van der Waals surface area contributed by atoms with Gasteiger partial charge in [0.1, 0.15) is 5.60 Å². The lowest BCUT2D eigenvalue weighted by Gasteiger charge is -2.45. The summed E-state index contributed by atoms with van der Waals surface area (Å²) in [6.45, 7) is 5.76. The summed E-state index contributed by atoms with van der Waals surface area (Å²) in [6.07, 6.45) is 9.74. The van der Waals surface area contributed by atoms with Crippen molar-refractivity contribution < 1.29 is 9.53 Å². The molecule has 17 heavy (non-hydrogen) atoms. The molecule has 2 aliphatic carbocycles. The maximum Gasteiger partial charge on any atom is 0.309 e. The second kappa shape index (κ2) is 4.37. The lowest BCUT2D eigenvalue weighted by molar-refractivity contribution is -0.166. The molecule has 0 spiro atoms. The van der Waals surface area contributed by atoms with Crippen LogP contribution in [0.15, 0.2) is 0 Å². The van der Waals surface area contributed by atoms with Crippen molar-refractivity contribution in [1.82, 2.24) is 0 Å². The van der Waals surface area contributed by atoms with Gasteiger partial charge >= 0.3 is 5.97 Å². The number of hydrogen-bond donors (Lipinski definition) is 0. The van der Waals surface area contributed by atoms with E-state index >= 15 is 0 Å². The van der Waals surface area contributed by atoms with Crippen molar-refractivity contribution in [2.24, 2.45) is 23.7 Å². The third kappa shape index (κ3) is 2.83. The van der Waals surface area contributed by atoms with Gasteiger partial charge in [0.05, 0.1) is 5.92 Å². The summed E-state index contributed by atoms with van der Waals surface area (Å²) in [6, 6.07) is 0. The zero-order valence-corrected chi connectivity index (χ0v) is 11.0. The topological polar surface area (TPSA) is 26.3 Å². The van der Waals surface area contributed by atoms with Crippen LogP contribution in [0.3, 0.4) is 0 Å². The van der Waals surface area contributed by atoms with Crippen molar-refractivity contribution in [3.8, 4) is 12.3 Å². The highest BCUT2D eigenvalue weighted by Crippen LogP contribution is 2.49. The standard InChI is InChI=1S/C15H22O2/c1-5-10-6-11(7-10)12-8-13(9-12)14(16)17-15(2,3)4/h1,10-13H,6-9H2,2-4H3. The van der Waals surface area contributed by atoms with Gasteiger partial charge in [-0.15, -0.1) is 12.3 Å². The van der Waals surface area contributed by atoms with Gasteiger partial charge in [0, 0.05) is 5.92 Å². The Balaban J connectivity index is 1.69. The fraction of sp³-hybridized carbons (Fsp3) is 0.800. The van der Waals surface area contributed by atoms with Gasteiger partial charge in [-0.3, -0.25) is 4.79 Å². The smallest absolute Gasteiger partial charge is 0.309 e. The predicted molar refractivity (Wildman–Crippen MR) is 67.1 cm³/mol. The fourth-order valence-electron chi connectivity index (χ4n) is 2.81. The Labute approximate surface area is 104 Å². The minimum atomic E-state index is -0.354. The quantitative estimate of drug-likeness (QED) is 0.542. The average molecular weight is 234 g/mol. The Morgan fingerprint density at radius 3 is 2.18 bits per heavy atom. The van der Waals surface area contributed by atoms with Crippen LogP contribution >= 0.6 is 0 Å². The first-order valence-electron chi connectivity index (χ1n) is 6.58. The van der Waals surface area contributed by atoms with E-state index in [9.17, 15) is 4.79 Å². The Kier molecular flexibility index (Phi) is 3.21. The van der Waals surface area contributed by atoms with Gasteiger partial charge in [-0.1, -0.05) is 0 Å². The third-order valence-electron chi connectivity index (χ3n) is 3.99.